The zero-order valence-corrected chi connectivity index (χ0v) is 15.1. The van der Waals surface area contributed by atoms with Gasteiger partial charge in [0.1, 0.15) is 0 Å². The molecular formula is C21H25N3O. The molecule has 1 aromatic heterocycles. The summed E-state index contributed by atoms with van der Waals surface area (Å²) in [5, 5.41) is 2.99. The van der Waals surface area contributed by atoms with Gasteiger partial charge < -0.3 is 10.2 Å². The molecule has 4 nitrogen and oxygen atoms in total. The van der Waals surface area contributed by atoms with Crippen LogP contribution in [-0.2, 0) is 0 Å². The van der Waals surface area contributed by atoms with Crippen molar-refractivity contribution >= 4 is 17.3 Å². The van der Waals surface area contributed by atoms with Crippen molar-refractivity contribution in [3.8, 4) is 0 Å². The molecule has 0 spiro atoms. The van der Waals surface area contributed by atoms with Crippen LogP contribution in [0.3, 0.4) is 0 Å². The number of carbonyl (C=O) groups excluding carboxylic acids is 1. The van der Waals surface area contributed by atoms with Crippen molar-refractivity contribution in [3.05, 3.63) is 65.5 Å². The van der Waals surface area contributed by atoms with Crippen LogP contribution in [0.2, 0.25) is 0 Å². The molecule has 4 heteroatoms. The topological polar surface area (TPSA) is 45.2 Å². The highest BCUT2D eigenvalue weighted by molar-refractivity contribution is 5.90. The van der Waals surface area contributed by atoms with Crippen LogP contribution in [0.15, 0.2) is 48.8 Å². The lowest BCUT2D eigenvalue weighted by Crippen LogP contribution is -2.37. The van der Waals surface area contributed by atoms with Crippen LogP contribution in [0.5, 0.6) is 0 Å². The minimum absolute atomic E-state index is 0.0458. The van der Waals surface area contributed by atoms with E-state index in [0.29, 0.717) is 12.5 Å². The Morgan fingerprint density at radius 2 is 1.96 bits per heavy atom. The fourth-order valence-corrected chi connectivity index (χ4v) is 3.05. The fourth-order valence-electron chi connectivity index (χ4n) is 3.05. The number of nitrogens with one attached hydrogen (secondary N) is 1. The van der Waals surface area contributed by atoms with Gasteiger partial charge in [-0.05, 0) is 59.7 Å². The molecule has 0 saturated carbocycles. The van der Waals surface area contributed by atoms with E-state index in [2.05, 4.69) is 49.3 Å². The van der Waals surface area contributed by atoms with E-state index >= 15 is 0 Å². The van der Waals surface area contributed by atoms with Crippen LogP contribution in [0, 0.1) is 6.92 Å². The number of benzene rings is 1. The number of nitrogens with zero attached hydrogens (tertiary/aromatic N) is 2. The third-order valence-electron chi connectivity index (χ3n) is 4.71. The summed E-state index contributed by atoms with van der Waals surface area (Å²) in [5.41, 5.74) is 5.80. The highest BCUT2D eigenvalue weighted by Crippen LogP contribution is 2.25. The molecule has 25 heavy (non-hydrogen) atoms. The van der Waals surface area contributed by atoms with E-state index in [1.165, 1.54) is 22.3 Å². The Kier molecular flexibility index (Phi) is 5.17. The van der Waals surface area contributed by atoms with Gasteiger partial charge in [0.15, 0.2) is 0 Å². The van der Waals surface area contributed by atoms with Crippen molar-refractivity contribution in [3.63, 3.8) is 0 Å². The number of aryl methyl sites for hydroxylation is 1. The lowest BCUT2D eigenvalue weighted by atomic mass is 9.97. The summed E-state index contributed by atoms with van der Waals surface area (Å²) in [4.78, 5) is 18.5. The van der Waals surface area contributed by atoms with Crippen molar-refractivity contribution in [2.45, 2.75) is 33.1 Å². The highest BCUT2D eigenvalue weighted by atomic mass is 16.2. The standard InChI is InChI=1S/C21H25N3O/c1-15(2)17-4-6-19(7-5-17)23-21(25)24-12-9-18(10-13-24)20-14-22-11-8-16(20)3/h4-9,11,14-15H,10,12-13H2,1-3H3,(H,23,25). The summed E-state index contributed by atoms with van der Waals surface area (Å²) in [7, 11) is 0. The van der Waals surface area contributed by atoms with Crippen molar-refractivity contribution in [2.75, 3.05) is 18.4 Å². The van der Waals surface area contributed by atoms with Crippen molar-refractivity contribution in [1.82, 2.24) is 9.88 Å². The predicted octanol–water partition coefficient (Wildman–Crippen LogP) is 4.83. The van der Waals surface area contributed by atoms with E-state index in [4.69, 9.17) is 0 Å². The third-order valence-corrected chi connectivity index (χ3v) is 4.71. The van der Waals surface area contributed by atoms with Crippen LogP contribution >= 0.6 is 0 Å². The molecule has 2 amide bonds. The Balaban J connectivity index is 1.62. The van der Waals surface area contributed by atoms with Crippen LogP contribution < -0.4 is 5.32 Å². The summed E-state index contributed by atoms with van der Waals surface area (Å²) >= 11 is 0. The SMILES string of the molecule is Cc1ccncc1C1=CCN(C(=O)Nc2ccc(C(C)C)cc2)CC1. The Morgan fingerprint density at radius 1 is 1.20 bits per heavy atom. The maximum absolute atomic E-state index is 12.5. The number of anilines is 1. The lowest BCUT2D eigenvalue weighted by Gasteiger charge is -2.27. The Bertz CT molecular complexity index is 778. The summed E-state index contributed by atoms with van der Waals surface area (Å²) in [6.45, 7) is 7.76. The zero-order chi connectivity index (χ0) is 17.8. The molecule has 0 radical (unpaired) electrons. The van der Waals surface area contributed by atoms with Crippen LogP contribution in [0.25, 0.3) is 5.57 Å². The van der Waals surface area contributed by atoms with E-state index in [1.54, 1.807) is 0 Å². The maximum atomic E-state index is 12.5. The Morgan fingerprint density at radius 3 is 2.56 bits per heavy atom. The van der Waals surface area contributed by atoms with Gasteiger partial charge in [-0.25, -0.2) is 4.79 Å². The van der Waals surface area contributed by atoms with Crippen LogP contribution in [0.1, 0.15) is 42.9 Å². The molecule has 0 atom stereocenters. The Hall–Kier alpha value is -2.62. The Labute approximate surface area is 149 Å². The van der Waals surface area contributed by atoms with Gasteiger partial charge in [-0.1, -0.05) is 32.1 Å². The second-order valence-corrected chi connectivity index (χ2v) is 6.82. The lowest BCUT2D eigenvalue weighted by molar-refractivity contribution is 0.217. The number of carbonyl (C=O) groups is 1. The number of hydrogen-bond acceptors (Lipinski definition) is 2. The normalized spacial score (nSPS) is 14.4. The van der Waals surface area contributed by atoms with Gasteiger partial charge in [0.2, 0.25) is 0 Å². The van der Waals surface area contributed by atoms with Crippen LogP contribution in [-0.4, -0.2) is 29.0 Å². The molecule has 2 heterocycles. The number of rotatable bonds is 3. The first-order valence-corrected chi connectivity index (χ1v) is 8.80. The van der Waals surface area contributed by atoms with E-state index in [1.807, 2.05) is 35.5 Å². The summed E-state index contributed by atoms with van der Waals surface area (Å²) in [6.07, 6.45) is 6.71. The number of amides is 2. The summed E-state index contributed by atoms with van der Waals surface area (Å²) in [5.74, 6) is 0.492. The van der Waals surface area contributed by atoms with E-state index in [0.717, 1.165) is 18.7 Å². The maximum Gasteiger partial charge on any atom is 0.322 e. The molecule has 130 valence electrons. The quantitative estimate of drug-likeness (QED) is 0.873. The predicted molar refractivity (Wildman–Crippen MR) is 103 cm³/mol. The molecule has 1 aliphatic heterocycles. The molecule has 0 fully saturated rings. The molecule has 1 N–H and O–H groups in total. The smallest absolute Gasteiger partial charge is 0.320 e. The van der Waals surface area contributed by atoms with Crippen molar-refractivity contribution in [1.29, 1.82) is 0 Å². The first-order chi connectivity index (χ1) is 12.0. The van der Waals surface area contributed by atoms with E-state index < -0.39 is 0 Å². The minimum Gasteiger partial charge on any atom is -0.320 e. The fraction of sp³-hybridized carbons (Fsp3) is 0.333. The van der Waals surface area contributed by atoms with Gasteiger partial charge in [-0.3, -0.25) is 4.98 Å². The van der Waals surface area contributed by atoms with Gasteiger partial charge in [0, 0.05) is 31.2 Å². The zero-order valence-electron chi connectivity index (χ0n) is 15.1. The monoisotopic (exact) mass is 335 g/mol. The number of urea groups is 1. The number of pyridine rings is 1. The van der Waals surface area contributed by atoms with Crippen molar-refractivity contribution < 1.29 is 4.79 Å². The molecule has 0 unspecified atom stereocenters. The minimum atomic E-state index is -0.0458. The molecule has 2 aromatic rings. The molecule has 0 saturated heterocycles. The third kappa shape index (κ3) is 4.08. The largest absolute Gasteiger partial charge is 0.322 e. The molecule has 3 rings (SSSR count). The van der Waals surface area contributed by atoms with E-state index in [9.17, 15) is 4.79 Å². The average Bonchev–Trinajstić information content (AvgIpc) is 2.63. The van der Waals surface area contributed by atoms with Crippen LogP contribution in [0.4, 0.5) is 10.5 Å². The molecule has 1 aliphatic rings. The second-order valence-electron chi connectivity index (χ2n) is 6.82. The number of hydrogen-bond donors (Lipinski definition) is 1. The van der Waals surface area contributed by atoms with Crippen molar-refractivity contribution in [2.24, 2.45) is 0 Å². The molecule has 0 bridgehead atoms. The second kappa shape index (κ2) is 7.51. The molecule has 0 aliphatic carbocycles. The number of aromatic nitrogens is 1. The van der Waals surface area contributed by atoms with Gasteiger partial charge in [0.05, 0.1) is 0 Å². The summed E-state index contributed by atoms with van der Waals surface area (Å²) < 4.78 is 0. The van der Waals surface area contributed by atoms with Gasteiger partial charge in [0.25, 0.3) is 0 Å². The average molecular weight is 335 g/mol. The highest BCUT2D eigenvalue weighted by Gasteiger charge is 2.18. The summed E-state index contributed by atoms with van der Waals surface area (Å²) in [6, 6.07) is 10.1. The molecule has 1 aromatic carbocycles. The molecular weight excluding hydrogens is 310 g/mol. The van der Waals surface area contributed by atoms with Gasteiger partial charge >= 0.3 is 6.03 Å². The first-order valence-electron chi connectivity index (χ1n) is 8.80. The first kappa shape index (κ1) is 17.2. The van der Waals surface area contributed by atoms with Gasteiger partial charge in [-0.15, -0.1) is 0 Å². The van der Waals surface area contributed by atoms with Gasteiger partial charge in [-0.2, -0.15) is 0 Å². The van der Waals surface area contributed by atoms with E-state index in [-0.39, 0.29) is 6.03 Å².